The number of allylic oxidation sites excluding steroid dienone is 3. The molecule has 0 saturated carbocycles. The zero-order valence-corrected chi connectivity index (χ0v) is 85.7. The summed E-state index contributed by atoms with van der Waals surface area (Å²) in [6.45, 7) is 31.0. The molecule has 0 spiro atoms. The van der Waals surface area contributed by atoms with Crippen molar-refractivity contribution in [2.75, 3.05) is 122 Å². The molecule has 0 heterocycles. The second-order valence-electron chi connectivity index (χ2n) is 23.4. The van der Waals surface area contributed by atoms with Gasteiger partial charge in [0.25, 0.3) is 6.47 Å². The molecule has 0 aliphatic carbocycles. The van der Waals surface area contributed by atoms with Crippen molar-refractivity contribution < 1.29 is 167 Å². The van der Waals surface area contributed by atoms with Gasteiger partial charge in [0.1, 0.15) is 49.2 Å². The molecule has 0 amide bonds. The van der Waals surface area contributed by atoms with Crippen molar-refractivity contribution in [2.45, 2.75) is 278 Å². The number of rotatable bonds is 57. The normalized spacial score (nSPS) is 9.77. The SMILES string of the molecule is C=CCCCCCCBr.C=CCCCCCCSC.C=CCCCCCCSC.CC.CCCCCCCCS(C)(=O)=O.CS(=O)(=O)CCCCCCCN=C=S.CS(=O)(=O)CCCCCCCO.CS(=O)(=O)CCCCCCOC=O.C[S-].N#C[S-].[C-]#N.[C-]#[N+]CCCCCCCS(C)(=O)=O.[K+].[Na+].[Na+]. The first-order valence-corrected chi connectivity index (χ1v) is 52.2. The summed E-state index contributed by atoms with van der Waals surface area (Å²) in [7, 11) is -13.8. The van der Waals surface area contributed by atoms with E-state index in [0.717, 1.165) is 140 Å². The minimum atomic E-state index is -2.81. The Morgan fingerprint density at radius 3 is 1.02 bits per heavy atom. The van der Waals surface area contributed by atoms with E-state index in [1.165, 1.54) is 170 Å². The summed E-state index contributed by atoms with van der Waals surface area (Å²) < 4.78 is 112. The van der Waals surface area contributed by atoms with Gasteiger partial charge in [-0.2, -0.15) is 29.8 Å². The number of thiocyanates is 1. The van der Waals surface area contributed by atoms with Crippen molar-refractivity contribution in [1.82, 2.24) is 0 Å². The Balaban J connectivity index is -0.0000000666. The molecule has 612 valence electrons. The molecule has 0 bridgehead atoms. The van der Waals surface area contributed by atoms with E-state index in [2.05, 4.69) is 112 Å². The number of hydrogen-bond donors (Lipinski definition) is 1. The molecule has 1 N–H and O–H groups in total. The summed E-state index contributed by atoms with van der Waals surface area (Å²) in [5, 5.41) is 26.6. The largest absolute Gasteiger partial charge is 1.00 e. The van der Waals surface area contributed by atoms with Gasteiger partial charge in [0.15, 0.2) is 0 Å². The van der Waals surface area contributed by atoms with Gasteiger partial charge in [-0.15, -0.1) is 19.7 Å². The van der Waals surface area contributed by atoms with Gasteiger partial charge in [0.05, 0.1) is 11.8 Å². The molecule has 0 rings (SSSR count). The van der Waals surface area contributed by atoms with Crippen molar-refractivity contribution in [1.29, 1.82) is 10.5 Å². The van der Waals surface area contributed by atoms with Crippen LogP contribution in [0.2, 0.25) is 0 Å². The topological polar surface area (TPSA) is 282 Å². The Labute approximate surface area is 770 Å². The van der Waals surface area contributed by atoms with Crippen LogP contribution in [0.15, 0.2) is 43.0 Å². The number of carbonyl (C=O) groups excluding carboxylic acids is 1. The molecule has 0 radical (unpaired) electrons. The minimum Gasteiger partial charge on any atom is -0.796 e. The number of thiocarbonyl (C=S) groups is 1. The van der Waals surface area contributed by atoms with Gasteiger partial charge in [-0.1, -0.05) is 195 Å². The van der Waals surface area contributed by atoms with Crippen LogP contribution in [0.3, 0.4) is 0 Å². The monoisotopic (exact) mass is 1780 g/mol. The third kappa shape index (κ3) is 227. The van der Waals surface area contributed by atoms with E-state index in [9.17, 15) is 46.9 Å². The average Bonchev–Trinajstić information content (AvgIpc) is 1.17. The van der Waals surface area contributed by atoms with E-state index in [1.54, 1.807) is 6.26 Å². The van der Waals surface area contributed by atoms with Crippen LogP contribution in [0.25, 0.3) is 4.85 Å². The van der Waals surface area contributed by atoms with Crippen LogP contribution in [0, 0.1) is 29.1 Å². The summed E-state index contributed by atoms with van der Waals surface area (Å²) in [6.07, 6.45) is 62.6. The van der Waals surface area contributed by atoms with E-state index in [1.807, 2.05) is 55.6 Å². The van der Waals surface area contributed by atoms with Crippen LogP contribution in [-0.4, -0.2) is 181 Å². The van der Waals surface area contributed by atoms with Gasteiger partial charge in [-0.3, -0.25) is 4.79 Å². The van der Waals surface area contributed by atoms with Gasteiger partial charge in [0.2, 0.25) is 6.54 Å². The van der Waals surface area contributed by atoms with Crippen molar-refractivity contribution in [3.8, 4) is 5.40 Å². The standard InChI is InChI=1S/C9H17NO2S2.C9H17NO2S.C9H20O2S.2C9H18S.C8H15Br.C8H16O4S.C8H18O3S.C2H6.CHNS.CN.CH4S.K.2Na/c1-14(11,12)8-6-4-2-3-5-7-10-9-13;1-10-8-6-4-3-5-7-9-13(2,11)12;1-3-4-5-6-7-8-9-12(2,10)11;2*1-3-4-5-6-7-8-9-10-2;1-2-3-4-5-6-7-8-9;1-13(10,11)7-5-3-2-4-6-12-8-9;1-12(10,11)8-6-4-2-3-5-7-9;1-2;2-1-3;2*1-2;;;/h2-8H2,1H3;3-9H2,2H3;3-9H2,1-2H3;2*3H,1,4-9H2,2H3;2H,1,3-8H2;8H,2-7H2,1H3;9H,2-8H2,1H3;1-2H3;3H;;2H,1H3;;;/q;;;;;;;;;;-1;;3*+1/p-2. The Bertz CT molecular complexity index is 2350. The number of unbranched alkanes of at least 4 members (excludes halogenated alkanes) is 32. The molecule has 0 atom stereocenters. The molecular weight excluding hydrogens is 1640 g/mol. The van der Waals surface area contributed by atoms with Gasteiger partial charge >= 0.3 is 110 Å². The number of aliphatic imine (C=N–C) groups is 1. The summed E-state index contributed by atoms with van der Waals surface area (Å²) in [6, 6.07) is 0. The molecule has 0 aliphatic heterocycles. The molecule has 0 aromatic carbocycles. The number of nitrogens with zero attached hydrogens (tertiary/aromatic N) is 4. The molecule has 0 saturated heterocycles. The molecule has 0 aromatic heterocycles. The molecule has 0 aromatic rings. The van der Waals surface area contributed by atoms with Crippen molar-refractivity contribution in [2.24, 2.45) is 4.99 Å². The van der Waals surface area contributed by atoms with Gasteiger partial charge in [-0.25, -0.2) is 58.9 Å². The number of sulfone groups is 5. The predicted octanol–water partition coefficient (Wildman–Crippen LogP) is 10.9. The van der Waals surface area contributed by atoms with E-state index < -0.39 is 49.2 Å². The maximum atomic E-state index is 10.8. The van der Waals surface area contributed by atoms with Gasteiger partial charge in [0, 0.05) is 84.9 Å². The van der Waals surface area contributed by atoms with Crippen LogP contribution < -0.4 is 110 Å². The third-order valence-corrected chi connectivity index (χ3v) is 20.3. The number of aliphatic hydroxyl groups excluding tert-OH is 1. The van der Waals surface area contributed by atoms with Gasteiger partial charge in [-0.05, 0) is 152 Å². The van der Waals surface area contributed by atoms with Crippen LogP contribution in [0.5, 0.6) is 0 Å². The fourth-order valence-corrected chi connectivity index (χ4v) is 12.9. The first-order valence-electron chi connectivity index (χ1n) is 36.4. The van der Waals surface area contributed by atoms with E-state index in [-0.39, 0.29) is 123 Å². The van der Waals surface area contributed by atoms with Crippen LogP contribution in [0.1, 0.15) is 278 Å². The molecule has 17 nitrogen and oxygen atoms in total. The number of ether oxygens (including phenoxy) is 1. The quantitative estimate of drug-likeness (QED) is 0.00566. The molecule has 0 fully saturated rings. The number of nitriles is 1. The summed E-state index contributed by atoms with van der Waals surface area (Å²) in [5.41, 5.74) is 0. The fraction of sp³-hybridized carbons (Fsp3) is 0.851. The number of aliphatic hydroxyl groups is 1. The Morgan fingerprint density at radius 1 is 0.505 bits per heavy atom. The smallest absolute Gasteiger partial charge is 0.796 e. The summed E-state index contributed by atoms with van der Waals surface area (Å²) in [5.74, 6) is 4.18. The Kier molecular flexibility index (Phi) is 175. The maximum absolute atomic E-state index is 10.8. The van der Waals surface area contributed by atoms with Crippen molar-refractivity contribution >= 4 is 138 Å². The zero-order chi connectivity index (χ0) is 81.0. The number of hydrogen-bond acceptors (Lipinski definition) is 21. The molecule has 31 heteroatoms. The predicted molar refractivity (Wildman–Crippen MR) is 463 cm³/mol. The van der Waals surface area contributed by atoms with Crippen LogP contribution in [-0.2, 0) is 84.0 Å². The molecule has 105 heavy (non-hydrogen) atoms. The van der Waals surface area contributed by atoms with Crippen LogP contribution >= 0.6 is 51.7 Å². The minimum absolute atomic E-state index is 0. The Morgan fingerprint density at radius 2 is 0.762 bits per heavy atom. The summed E-state index contributed by atoms with van der Waals surface area (Å²) in [4.78, 5) is 16.8. The Hall–Kier alpha value is 2.06. The number of thioether (sulfide) groups is 2. The molecule has 0 aliphatic rings. The van der Waals surface area contributed by atoms with Crippen molar-refractivity contribution in [3.05, 3.63) is 56.0 Å². The number of halogens is 1. The average molecular weight is 1790 g/mol. The molecule has 0 unspecified atom stereocenters. The fourth-order valence-electron chi connectivity index (χ4n) is 7.83. The summed E-state index contributed by atoms with van der Waals surface area (Å²) >= 11 is 19.5. The van der Waals surface area contributed by atoms with Crippen molar-refractivity contribution in [3.63, 3.8) is 0 Å². The maximum Gasteiger partial charge on any atom is 1.00 e. The third-order valence-electron chi connectivity index (χ3n) is 13.1. The number of alkyl halides is 1. The number of isothiocyanates is 1. The van der Waals surface area contributed by atoms with E-state index in [4.69, 9.17) is 28.8 Å². The van der Waals surface area contributed by atoms with Gasteiger partial charge < -0.3 is 51.8 Å². The second kappa shape index (κ2) is 130. The second-order valence-corrected chi connectivity index (χ2v) is 37.8. The number of carbonyl (C=O) groups is 1. The first kappa shape index (κ1) is 142. The van der Waals surface area contributed by atoms with E-state index in [0.29, 0.717) is 49.1 Å². The first-order chi connectivity index (χ1) is 48.5. The van der Waals surface area contributed by atoms with Crippen LogP contribution in [0.4, 0.5) is 0 Å². The zero-order valence-electron chi connectivity index (χ0n) is 68.8. The van der Waals surface area contributed by atoms with E-state index >= 15 is 0 Å². The molecular formula is C74H148BrKN4Na2O13S10.